The molecule has 12 nitrogen and oxygen atoms in total. The van der Waals surface area contributed by atoms with Crippen LogP contribution in [-0.2, 0) is 28.7 Å². The average molecular weight is 537 g/mol. The van der Waals surface area contributed by atoms with E-state index in [1.807, 2.05) is 11.9 Å². The van der Waals surface area contributed by atoms with Crippen LogP contribution in [0.4, 0.5) is 0 Å². The van der Waals surface area contributed by atoms with Crippen molar-refractivity contribution in [2.24, 2.45) is 23.7 Å². The first kappa shape index (κ1) is 27.3. The zero-order valence-corrected chi connectivity index (χ0v) is 22.3. The van der Waals surface area contributed by atoms with E-state index >= 15 is 0 Å². The maximum absolute atomic E-state index is 12.6. The third kappa shape index (κ3) is 5.15. The first-order valence-corrected chi connectivity index (χ1v) is 14.0. The molecule has 0 spiro atoms. The zero-order chi connectivity index (χ0) is 27.1. The van der Waals surface area contributed by atoms with E-state index in [-0.39, 0.29) is 36.2 Å². The molecule has 6 fully saturated rings. The lowest BCUT2D eigenvalue weighted by atomic mass is 9.78. The molecular formula is C26H40N4O8. The third-order valence-electron chi connectivity index (χ3n) is 9.42. The number of carbonyl (C=O) groups is 4. The quantitative estimate of drug-likeness (QED) is 0.374. The Kier molecular flexibility index (Phi) is 7.95. The first-order valence-electron chi connectivity index (χ1n) is 14.0. The molecule has 6 rings (SSSR count). The summed E-state index contributed by atoms with van der Waals surface area (Å²) >= 11 is 0. The lowest BCUT2D eigenvalue weighted by Gasteiger charge is -2.36. The maximum atomic E-state index is 12.6. The van der Waals surface area contributed by atoms with Crippen molar-refractivity contribution in [3.05, 3.63) is 0 Å². The summed E-state index contributed by atoms with van der Waals surface area (Å²) in [5.41, 5.74) is 0. The van der Waals surface area contributed by atoms with Crippen LogP contribution >= 0.6 is 0 Å². The minimum atomic E-state index is -1.13. The number of hydrogen-bond donors (Lipinski definition) is 2. The highest BCUT2D eigenvalue weighted by Crippen LogP contribution is 2.45. The van der Waals surface area contributed by atoms with E-state index in [9.17, 15) is 29.4 Å². The molecule has 8 atom stereocenters. The molecule has 0 aliphatic carbocycles. The van der Waals surface area contributed by atoms with E-state index < -0.39 is 35.6 Å². The molecule has 6 aliphatic rings. The standard InChI is InChI=1S/2C13H20N2O4/c2*1-14-4-6-15(7-5-14)12(16)10-8-2-3-9(19-8)11(10)13(17)18/h2*8-11H,2-7H2,1H3,(H,17,18)/t2*8-,9+,10?,11?/m00/s1. The van der Waals surface area contributed by atoms with Gasteiger partial charge in [0.2, 0.25) is 11.8 Å². The second-order valence-corrected chi connectivity index (χ2v) is 11.8. The normalized spacial score (nSPS) is 38.7. The molecule has 0 aromatic rings. The molecule has 2 amide bonds. The third-order valence-corrected chi connectivity index (χ3v) is 9.42. The number of fused-ring (bicyclic) bond motifs is 4. The predicted molar refractivity (Wildman–Crippen MR) is 130 cm³/mol. The molecule has 2 N–H and O–H groups in total. The topological polar surface area (TPSA) is 144 Å². The largest absolute Gasteiger partial charge is 0.550 e. The number of likely N-dealkylation sites (N-methyl/N-ethyl adjacent to an activating group) is 2. The molecule has 0 aromatic heterocycles. The molecule has 0 aromatic carbocycles. The summed E-state index contributed by atoms with van der Waals surface area (Å²) in [5.74, 6) is -4.49. The van der Waals surface area contributed by atoms with Gasteiger partial charge in [0.25, 0.3) is 0 Å². The van der Waals surface area contributed by atoms with E-state index in [0.29, 0.717) is 26.2 Å². The number of rotatable bonds is 4. The number of carboxylic acids is 2. The molecule has 12 heteroatoms. The van der Waals surface area contributed by atoms with Gasteiger partial charge in [-0.1, -0.05) is 0 Å². The Labute approximate surface area is 222 Å². The fourth-order valence-electron chi connectivity index (χ4n) is 7.15. The summed E-state index contributed by atoms with van der Waals surface area (Å²) < 4.78 is 11.3. The molecule has 4 unspecified atom stereocenters. The Morgan fingerprint density at radius 3 is 1.61 bits per heavy atom. The number of hydrogen-bond acceptors (Lipinski definition) is 8. The van der Waals surface area contributed by atoms with Crippen LogP contribution < -0.4 is 10.0 Å². The number of quaternary nitrogens is 1. The number of carboxylic acid groups (broad SMARTS) is 2. The molecule has 212 valence electrons. The number of aliphatic carboxylic acids is 2. The van der Waals surface area contributed by atoms with Crippen molar-refractivity contribution in [1.82, 2.24) is 14.7 Å². The molecule has 4 bridgehead atoms. The number of piperazine rings is 2. The van der Waals surface area contributed by atoms with Crippen LogP contribution in [0.25, 0.3) is 0 Å². The van der Waals surface area contributed by atoms with Crippen LogP contribution in [0.1, 0.15) is 25.7 Å². The minimum absolute atomic E-state index is 0.0206. The zero-order valence-electron chi connectivity index (χ0n) is 22.3. The molecule has 38 heavy (non-hydrogen) atoms. The van der Waals surface area contributed by atoms with Gasteiger partial charge in [-0.05, 0) is 32.7 Å². The smallest absolute Gasteiger partial charge is 0.310 e. The monoisotopic (exact) mass is 536 g/mol. The Morgan fingerprint density at radius 2 is 1.13 bits per heavy atom. The average Bonchev–Trinajstić information content (AvgIpc) is 3.70. The van der Waals surface area contributed by atoms with Crippen molar-refractivity contribution < 1.29 is 43.8 Å². The minimum Gasteiger partial charge on any atom is -0.550 e. The number of ether oxygens (including phenoxy) is 2. The Bertz CT molecular complexity index is 858. The van der Waals surface area contributed by atoms with E-state index in [0.717, 1.165) is 51.9 Å². The predicted octanol–water partition coefficient (Wildman–Crippen LogP) is -3.47. The Balaban J connectivity index is 0.000000155. The fraction of sp³-hybridized carbons (Fsp3) is 0.846. The van der Waals surface area contributed by atoms with Gasteiger partial charge in [0.1, 0.15) is 0 Å². The molecule has 6 aliphatic heterocycles. The summed E-state index contributed by atoms with van der Waals surface area (Å²) in [6.07, 6.45) is 2.15. The van der Waals surface area contributed by atoms with Gasteiger partial charge in [0.15, 0.2) is 0 Å². The molecule has 6 heterocycles. The van der Waals surface area contributed by atoms with Crippen molar-refractivity contribution in [1.29, 1.82) is 0 Å². The van der Waals surface area contributed by atoms with Crippen molar-refractivity contribution in [2.75, 3.05) is 66.5 Å². The van der Waals surface area contributed by atoms with Crippen molar-refractivity contribution in [3.63, 3.8) is 0 Å². The molecule has 0 radical (unpaired) electrons. The van der Waals surface area contributed by atoms with Crippen molar-refractivity contribution >= 4 is 23.8 Å². The van der Waals surface area contributed by atoms with Gasteiger partial charge in [-0.3, -0.25) is 14.4 Å². The fourth-order valence-corrected chi connectivity index (χ4v) is 7.15. The van der Waals surface area contributed by atoms with Gasteiger partial charge in [-0.25, -0.2) is 0 Å². The van der Waals surface area contributed by atoms with Crippen LogP contribution in [0.3, 0.4) is 0 Å². The van der Waals surface area contributed by atoms with Crippen molar-refractivity contribution in [3.8, 4) is 0 Å². The van der Waals surface area contributed by atoms with Gasteiger partial charge >= 0.3 is 5.97 Å². The van der Waals surface area contributed by atoms with Gasteiger partial charge in [0.05, 0.1) is 75.4 Å². The summed E-state index contributed by atoms with van der Waals surface area (Å²) in [4.78, 5) is 55.0. The lowest BCUT2D eigenvalue weighted by Crippen LogP contribution is -3.12. The highest BCUT2D eigenvalue weighted by atomic mass is 16.5. The van der Waals surface area contributed by atoms with Crippen LogP contribution in [0.2, 0.25) is 0 Å². The van der Waals surface area contributed by atoms with E-state index in [1.165, 1.54) is 4.90 Å². The number of amides is 2. The highest BCUT2D eigenvalue weighted by Gasteiger charge is 2.56. The Morgan fingerprint density at radius 1 is 0.711 bits per heavy atom. The van der Waals surface area contributed by atoms with Gasteiger partial charge < -0.3 is 44.1 Å². The summed E-state index contributed by atoms with van der Waals surface area (Å²) in [7, 11) is 4.13. The summed E-state index contributed by atoms with van der Waals surface area (Å²) in [6, 6.07) is 0. The van der Waals surface area contributed by atoms with Crippen LogP contribution in [0.15, 0.2) is 0 Å². The second kappa shape index (κ2) is 11.1. The summed E-state index contributed by atoms with van der Waals surface area (Å²) in [6.45, 7) is 6.34. The highest BCUT2D eigenvalue weighted by molar-refractivity contribution is 5.87. The van der Waals surface area contributed by atoms with Crippen LogP contribution in [0.5, 0.6) is 0 Å². The van der Waals surface area contributed by atoms with Gasteiger partial charge in [0, 0.05) is 38.1 Å². The first-order chi connectivity index (χ1) is 18.2. The molecule has 0 saturated carbocycles. The van der Waals surface area contributed by atoms with E-state index in [4.69, 9.17) is 9.47 Å². The maximum Gasteiger partial charge on any atom is 0.310 e. The number of carbonyl (C=O) groups excluding carboxylic acids is 3. The second-order valence-electron chi connectivity index (χ2n) is 11.8. The molecular weight excluding hydrogens is 496 g/mol. The molecule has 6 saturated heterocycles. The summed E-state index contributed by atoms with van der Waals surface area (Å²) in [5, 5.41) is 20.6. The Hall–Kier alpha value is -2.28. The lowest BCUT2D eigenvalue weighted by molar-refractivity contribution is -0.883. The van der Waals surface area contributed by atoms with E-state index in [2.05, 4.69) is 11.9 Å². The number of nitrogens with one attached hydrogen (secondary N) is 1. The van der Waals surface area contributed by atoms with Gasteiger partial charge in [-0.15, -0.1) is 0 Å². The number of nitrogens with zero attached hydrogens (tertiary/aromatic N) is 3. The van der Waals surface area contributed by atoms with Crippen LogP contribution in [-0.4, -0.2) is 134 Å². The van der Waals surface area contributed by atoms with Crippen molar-refractivity contribution in [2.45, 2.75) is 50.1 Å². The SMILES string of the molecule is CN1CCN(C(=O)C2C(C(=O)O)[C@H]3CC[C@@H]2O3)CC1.C[NH+]1CCN(C(=O)C2C(C(=O)[O-])[C@H]3CC[C@@H]2O3)CC1. The van der Waals surface area contributed by atoms with Crippen LogP contribution in [0, 0.1) is 23.7 Å². The van der Waals surface area contributed by atoms with Gasteiger partial charge in [-0.2, -0.15) is 0 Å². The van der Waals surface area contributed by atoms with E-state index in [1.54, 1.807) is 4.90 Å².